The topological polar surface area (TPSA) is 116 Å². The summed E-state index contributed by atoms with van der Waals surface area (Å²) in [6.07, 6.45) is 0.139. The normalized spacial score (nSPS) is 20.0. The van der Waals surface area contributed by atoms with Gasteiger partial charge in [0.05, 0.1) is 16.1 Å². The van der Waals surface area contributed by atoms with Crippen molar-refractivity contribution in [1.82, 2.24) is 4.90 Å². The Kier molecular flexibility index (Phi) is 6.32. The number of likely N-dealkylation sites (tertiary alicyclic amines) is 1. The number of hydrogen-bond donors (Lipinski definition) is 2. The number of non-ortho nitro benzene ring substituents is 1. The molecule has 0 bridgehead atoms. The molecule has 0 saturated carbocycles. The molecule has 1 fully saturated rings. The van der Waals surface area contributed by atoms with E-state index in [0.29, 0.717) is 18.5 Å². The molecule has 1 saturated heterocycles. The Morgan fingerprint density at radius 3 is 2.67 bits per heavy atom. The van der Waals surface area contributed by atoms with Crippen LogP contribution in [0.15, 0.2) is 24.3 Å². The van der Waals surface area contributed by atoms with Crippen molar-refractivity contribution in [2.24, 2.45) is 5.73 Å². The van der Waals surface area contributed by atoms with Gasteiger partial charge in [0.25, 0.3) is 5.69 Å². The van der Waals surface area contributed by atoms with Crippen molar-refractivity contribution < 1.29 is 19.2 Å². The molecule has 0 aromatic heterocycles. The number of amides is 2. The number of carbonyl (C=O) groups is 2. The lowest BCUT2D eigenvalue weighted by atomic mass is 10.2. The smallest absolute Gasteiger partial charge is 0.411 e. The first-order valence-corrected chi connectivity index (χ1v) is 8.68. The molecule has 1 aliphatic rings. The van der Waals surface area contributed by atoms with Gasteiger partial charge in [-0.25, -0.2) is 4.79 Å². The Bertz CT molecular complexity index is 625. The fourth-order valence-corrected chi connectivity index (χ4v) is 3.84. The molecule has 2 rings (SSSR count). The number of benzene rings is 1. The third-order valence-electron chi connectivity index (χ3n) is 3.39. The summed E-state index contributed by atoms with van der Waals surface area (Å²) in [6, 6.07) is 5.79. The number of thiol groups is 1. The monoisotopic (exact) mass is 371 g/mol. The van der Waals surface area contributed by atoms with E-state index in [-0.39, 0.29) is 28.7 Å². The number of nitro groups is 1. The van der Waals surface area contributed by atoms with Crippen molar-refractivity contribution in [2.75, 3.05) is 12.3 Å². The quantitative estimate of drug-likeness (QED) is 0.447. The van der Waals surface area contributed by atoms with Crippen LogP contribution in [0.25, 0.3) is 0 Å². The van der Waals surface area contributed by atoms with Gasteiger partial charge < -0.3 is 10.5 Å². The second-order valence-electron chi connectivity index (χ2n) is 5.25. The van der Waals surface area contributed by atoms with E-state index < -0.39 is 16.9 Å². The lowest BCUT2D eigenvalue weighted by Crippen LogP contribution is -2.35. The molecule has 1 aliphatic heterocycles. The molecule has 0 radical (unpaired) electrons. The molecule has 0 unspecified atom stereocenters. The first-order valence-electron chi connectivity index (χ1n) is 7.11. The highest BCUT2D eigenvalue weighted by Crippen LogP contribution is 2.30. The second-order valence-corrected chi connectivity index (χ2v) is 7.15. The van der Waals surface area contributed by atoms with Crippen molar-refractivity contribution in [1.29, 1.82) is 0 Å². The van der Waals surface area contributed by atoms with Crippen LogP contribution in [0.1, 0.15) is 12.0 Å². The summed E-state index contributed by atoms with van der Waals surface area (Å²) in [5.41, 5.74) is 5.76. The van der Waals surface area contributed by atoms with Crippen LogP contribution < -0.4 is 5.73 Å². The molecule has 0 aliphatic carbocycles. The highest BCUT2D eigenvalue weighted by Gasteiger charge is 2.35. The van der Waals surface area contributed by atoms with Gasteiger partial charge >= 0.3 is 6.09 Å². The number of hydrogen-bond acceptors (Lipinski definition) is 7. The summed E-state index contributed by atoms with van der Waals surface area (Å²) >= 11 is 5.66. The standard InChI is InChI=1S/C14H17N3O5S2/c15-12(18)8-24-13-5-11(23)6-16(13)14(19)22-7-9-1-3-10(4-2-9)17(20)21/h1-4,11,13,23H,5-8H2,(H2,15,18)/t11-,13-/m0/s1. The van der Waals surface area contributed by atoms with Crippen LogP contribution in [0.5, 0.6) is 0 Å². The van der Waals surface area contributed by atoms with Gasteiger partial charge in [-0.2, -0.15) is 12.6 Å². The minimum absolute atomic E-state index is 0.0117. The third-order valence-corrected chi connectivity index (χ3v) is 5.05. The molecular weight excluding hydrogens is 354 g/mol. The fourth-order valence-electron chi connectivity index (χ4n) is 2.25. The van der Waals surface area contributed by atoms with E-state index in [2.05, 4.69) is 12.6 Å². The molecule has 1 heterocycles. The second kappa shape index (κ2) is 8.25. The predicted octanol–water partition coefficient (Wildman–Crippen LogP) is 1.78. The van der Waals surface area contributed by atoms with Crippen LogP contribution in [0.3, 0.4) is 0 Å². The first-order chi connectivity index (χ1) is 11.4. The highest BCUT2D eigenvalue weighted by atomic mass is 32.2. The number of nitrogens with two attached hydrogens (primary N) is 1. The van der Waals surface area contributed by atoms with Gasteiger partial charge in [0.15, 0.2) is 0 Å². The maximum atomic E-state index is 12.2. The van der Waals surface area contributed by atoms with Crippen molar-refractivity contribution >= 4 is 42.1 Å². The van der Waals surface area contributed by atoms with Gasteiger partial charge in [-0.15, -0.1) is 11.8 Å². The Morgan fingerprint density at radius 2 is 2.08 bits per heavy atom. The van der Waals surface area contributed by atoms with Crippen LogP contribution >= 0.6 is 24.4 Å². The fraction of sp³-hybridized carbons (Fsp3) is 0.429. The number of nitrogens with zero attached hydrogens (tertiary/aromatic N) is 2. The van der Waals surface area contributed by atoms with E-state index in [9.17, 15) is 19.7 Å². The van der Waals surface area contributed by atoms with Crippen LogP contribution in [0.2, 0.25) is 0 Å². The van der Waals surface area contributed by atoms with Gasteiger partial charge in [0.1, 0.15) is 6.61 Å². The van der Waals surface area contributed by atoms with E-state index in [0.717, 1.165) is 0 Å². The molecule has 2 amide bonds. The maximum absolute atomic E-state index is 12.2. The van der Waals surface area contributed by atoms with E-state index in [1.807, 2.05) is 0 Å². The Hall–Kier alpha value is -1.94. The minimum Gasteiger partial charge on any atom is -0.445 e. The Balaban J connectivity index is 1.90. The molecule has 24 heavy (non-hydrogen) atoms. The van der Waals surface area contributed by atoms with E-state index in [4.69, 9.17) is 10.5 Å². The van der Waals surface area contributed by atoms with Crippen LogP contribution in [-0.4, -0.2) is 44.7 Å². The number of nitro benzene ring substituents is 1. The molecular formula is C14H17N3O5S2. The van der Waals surface area contributed by atoms with Crippen LogP contribution in [0, 0.1) is 10.1 Å². The number of carbonyl (C=O) groups excluding carboxylic acids is 2. The van der Waals surface area contributed by atoms with Crippen molar-refractivity contribution in [2.45, 2.75) is 23.7 Å². The molecule has 0 spiro atoms. The molecule has 1 aromatic carbocycles. The number of primary amides is 1. The molecule has 130 valence electrons. The molecule has 1 aromatic rings. The van der Waals surface area contributed by atoms with Gasteiger partial charge in [0, 0.05) is 23.9 Å². The number of rotatable bonds is 6. The SMILES string of the molecule is NC(=O)CS[C@H]1C[C@H](S)CN1C(=O)OCc1ccc([N+](=O)[O-])cc1. The average molecular weight is 371 g/mol. The average Bonchev–Trinajstić information content (AvgIpc) is 2.92. The molecule has 2 atom stereocenters. The Labute approximate surface area is 148 Å². The zero-order valence-corrected chi connectivity index (χ0v) is 14.4. The summed E-state index contributed by atoms with van der Waals surface area (Å²) in [5.74, 6) is -0.320. The van der Waals surface area contributed by atoms with Crippen molar-refractivity contribution in [3.8, 4) is 0 Å². The molecule has 10 heteroatoms. The summed E-state index contributed by atoms with van der Waals surface area (Å²) < 4.78 is 5.25. The lowest BCUT2D eigenvalue weighted by molar-refractivity contribution is -0.384. The summed E-state index contributed by atoms with van der Waals surface area (Å²) in [6.45, 7) is 0.441. The van der Waals surface area contributed by atoms with E-state index in [1.165, 1.54) is 40.9 Å². The maximum Gasteiger partial charge on any atom is 0.411 e. The molecule has 8 nitrogen and oxygen atoms in total. The van der Waals surface area contributed by atoms with Crippen molar-refractivity contribution in [3.63, 3.8) is 0 Å². The highest BCUT2D eigenvalue weighted by molar-refractivity contribution is 8.00. The third kappa shape index (κ3) is 5.03. The van der Waals surface area contributed by atoms with Gasteiger partial charge in [-0.3, -0.25) is 19.8 Å². The van der Waals surface area contributed by atoms with E-state index >= 15 is 0 Å². The number of thioether (sulfide) groups is 1. The predicted molar refractivity (Wildman–Crippen MR) is 92.8 cm³/mol. The van der Waals surface area contributed by atoms with Gasteiger partial charge in [-0.05, 0) is 24.1 Å². The summed E-state index contributed by atoms with van der Waals surface area (Å²) in [7, 11) is 0. The zero-order valence-electron chi connectivity index (χ0n) is 12.7. The van der Waals surface area contributed by atoms with Crippen LogP contribution in [-0.2, 0) is 16.1 Å². The van der Waals surface area contributed by atoms with Crippen molar-refractivity contribution in [3.05, 3.63) is 39.9 Å². The lowest BCUT2D eigenvalue weighted by Gasteiger charge is -2.23. The largest absolute Gasteiger partial charge is 0.445 e. The first kappa shape index (κ1) is 18.4. The Morgan fingerprint density at radius 1 is 1.42 bits per heavy atom. The summed E-state index contributed by atoms with van der Waals surface area (Å²) in [5, 5.41) is 10.4. The van der Waals surface area contributed by atoms with Gasteiger partial charge in [-0.1, -0.05) is 0 Å². The minimum atomic E-state index is -0.508. The van der Waals surface area contributed by atoms with E-state index in [1.54, 1.807) is 0 Å². The zero-order chi connectivity index (χ0) is 17.7. The van der Waals surface area contributed by atoms with Crippen LogP contribution in [0.4, 0.5) is 10.5 Å². The summed E-state index contributed by atoms with van der Waals surface area (Å²) in [4.78, 5) is 34.8. The number of ether oxygens (including phenoxy) is 1. The van der Waals surface area contributed by atoms with Gasteiger partial charge in [0.2, 0.25) is 5.91 Å². The molecule has 2 N–H and O–H groups in total.